The molecule has 0 amide bonds. The maximum atomic E-state index is 13.7. The predicted octanol–water partition coefficient (Wildman–Crippen LogP) is 4.02. The molecule has 2 aromatic carbocycles. The summed E-state index contributed by atoms with van der Waals surface area (Å²) in [7, 11) is 4.62. The third kappa shape index (κ3) is 4.24. The van der Waals surface area contributed by atoms with E-state index in [1.54, 1.807) is 25.3 Å². The zero-order valence-corrected chi connectivity index (χ0v) is 15.1. The molecule has 0 fully saturated rings. The van der Waals surface area contributed by atoms with Gasteiger partial charge in [-0.05, 0) is 36.4 Å². The first kappa shape index (κ1) is 18.4. The summed E-state index contributed by atoms with van der Waals surface area (Å²) in [5.41, 5.74) is 5.25. The molecule has 0 saturated heterocycles. The zero-order chi connectivity index (χ0) is 19.2. The Balaban J connectivity index is 1.91. The molecule has 8 heteroatoms. The molecule has 0 spiro atoms. The second-order valence-corrected chi connectivity index (χ2v) is 5.48. The van der Waals surface area contributed by atoms with Crippen molar-refractivity contribution in [3.8, 4) is 22.8 Å². The van der Waals surface area contributed by atoms with Crippen molar-refractivity contribution in [3.05, 3.63) is 54.6 Å². The summed E-state index contributed by atoms with van der Waals surface area (Å²) in [6, 6.07) is 11.4. The number of halogens is 1. The first-order chi connectivity index (χ1) is 13.1. The molecule has 0 bridgehead atoms. The van der Waals surface area contributed by atoms with Crippen molar-refractivity contribution < 1.29 is 18.7 Å². The maximum absolute atomic E-state index is 13.7. The van der Waals surface area contributed by atoms with Crippen LogP contribution in [0.2, 0.25) is 0 Å². The van der Waals surface area contributed by atoms with Crippen molar-refractivity contribution in [2.45, 2.75) is 0 Å². The average molecular weight is 370 g/mol. The van der Waals surface area contributed by atoms with Crippen LogP contribution in [0, 0.1) is 5.82 Å². The summed E-state index contributed by atoms with van der Waals surface area (Å²) in [6.45, 7) is 0. The molecule has 1 heterocycles. The highest BCUT2D eigenvalue weighted by atomic mass is 19.1. The SMILES string of the molecule is CONc1cc(Nc2cc(-c3cc(F)ccc3OC)ncn2)ccc1OC. The fraction of sp³-hybridized carbons (Fsp3) is 0.158. The lowest BCUT2D eigenvalue weighted by atomic mass is 10.1. The number of ether oxygens (including phenoxy) is 2. The number of methoxy groups -OCH3 is 2. The van der Waals surface area contributed by atoms with Gasteiger partial charge in [0.1, 0.15) is 35.1 Å². The van der Waals surface area contributed by atoms with Gasteiger partial charge < -0.3 is 14.8 Å². The van der Waals surface area contributed by atoms with E-state index in [1.165, 1.54) is 32.7 Å². The van der Waals surface area contributed by atoms with E-state index in [4.69, 9.17) is 14.3 Å². The minimum Gasteiger partial charge on any atom is -0.496 e. The van der Waals surface area contributed by atoms with Gasteiger partial charge >= 0.3 is 0 Å². The van der Waals surface area contributed by atoms with Crippen LogP contribution in [-0.2, 0) is 4.84 Å². The second kappa shape index (κ2) is 8.33. The normalized spacial score (nSPS) is 10.4. The Bertz CT molecular complexity index is 937. The quantitative estimate of drug-likeness (QED) is 0.608. The molecular weight excluding hydrogens is 351 g/mol. The number of nitrogens with zero attached hydrogens (tertiary/aromatic N) is 2. The van der Waals surface area contributed by atoms with Crippen LogP contribution in [0.3, 0.4) is 0 Å². The van der Waals surface area contributed by atoms with Crippen LogP contribution >= 0.6 is 0 Å². The van der Waals surface area contributed by atoms with Gasteiger partial charge in [-0.2, -0.15) is 0 Å². The molecule has 0 saturated carbocycles. The monoisotopic (exact) mass is 370 g/mol. The molecule has 140 valence electrons. The number of aromatic nitrogens is 2. The molecule has 7 nitrogen and oxygen atoms in total. The Kier molecular flexibility index (Phi) is 5.68. The number of rotatable bonds is 7. The van der Waals surface area contributed by atoms with Crippen molar-refractivity contribution in [2.75, 3.05) is 32.1 Å². The number of hydrogen-bond donors (Lipinski definition) is 2. The number of nitrogens with one attached hydrogen (secondary N) is 2. The van der Waals surface area contributed by atoms with Crippen molar-refractivity contribution in [3.63, 3.8) is 0 Å². The molecule has 0 aliphatic carbocycles. The van der Waals surface area contributed by atoms with Crippen molar-refractivity contribution in [1.29, 1.82) is 0 Å². The van der Waals surface area contributed by atoms with Crippen molar-refractivity contribution >= 4 is 17.2 Å². The largest absolute Gasteiger partial charge is 0.496 e. The smallest absolute Gasteiger partial charge is 0.144 e. The Hall–Kier alpha value is -3.39. The van der Waals surface area contributed by atoms with Crippen LogP contribution in [0.25, 0.3) is 11.3 Å². The molecule has 0 aliphatic heterocycles. The van der Waals surface area contributed by atoms with Crippen LogP contribution in [-0.4, -0.2) is 31.3 Å². The van der Waals surface area contributed by atoms with Gasteiger partial charge in [-0.25, -0.2) is 14.4 Å². The molecule has 3 aromatic rings. The van der Waals surface area contributed by atoms with E-state index < -0.39 is 0 Å². The molecule has 0 aliphatic rings. The van der Waals surface area contributed by atoms with E-state index in [1.807, 2.05) is 12.1 Å². The molecule has 27 heavy (non-hydrogen) atoms. The van der Waals surface area contributed by atoms with Crippen molar-refractivity contribution in [1.82, 2.24) is 9.97 Å². The van der Waals surface area contributed by atoms with E-state index in [9.17, 15) is 4.39 Å². The highest BCUT2D eigenvalue weighted by molar-refractivity contribution is 5.72. The zero-order valence-electron chi connectivity index (χ0n) is 15.1. The maximum Gasteiger partial charge on any atom is 0.144 e. The lowest BCUT2D eigenvalue weighted by Gasteiger charge is -2.13. The Morgan fingerprint density at radius 3 is 2.41 bits per heavy atom. The van der Waals surface area contributed by atoms with Gasteiger partial charge in [-0.1, -0.05) is 0 Å². The molecule has 0 atom stereocenters. The standard InChI is InChI=1S/C19H19FN4O3/c1-25-17-6-4-12(20)8-14(17)15-10-19(22-11-21-15)23-13-5-7-18(26-2)16(9-13)24-27-3/h4-11,24H,1-3H3,(H,21,22,23). The van der Waals surface area contributed by atoms with Crippen LogP contribution in [0.4, 0.5) is 21.6 Å². The Labute approximate surface area is 156 Å². The van der Waals surface area contributed by atoms with E-state index in [0.29, 0.717) is 34.3 Å². The first-order valence-electron chi connectivity index (χ1n) is 8.04. The number of hydrogen-bond acceptors (Lipinski definition) is 7. The van der Waals surface area contributed by atoms with E-state index >= 15 is 0 Å². The van der Waals surface area contributed by atoms with E-state index in [2.05, 4.69) is 20.8 Å². The third-order valence-corrected chi connectivity index (χ3v) is 3.79. The predicted molar refractivity (Wildman–Crippen MR) is 101 cm³/mol. The summed E-state index contributed by atoms with van der Waals surface area (Å²) in [4.78, 5) is 13.4. The molecule has 3 rings (SSSR count). The highest BCUT2D eigenvalue weighted by Crippen LogP contribution is 2.32. The minimum atomic E-state index is -0.371. The van der Waals surface area contributed by atoms with Crippen LogP contribution < -0.4 is 20.3 Å². The van der Waals surface area contributed by atoms with Gasteiger partial charge in [0.25, 0.3) is 0 Å². The summed E-state index contributed by atoms with van der Waals surface area (Å²) < 4.78 is 24.2. The summed E-state index contributed by atoms with van der Waals surface area (Å²) >= 11 is 0. The molecule has 1 aromatic heterocycles. The molecule has 2 N–H and O–H groups in total. The topological polar surface area (TPSA) is 77.5 Å². The van der Waals surface area contributed by atoms with Gasteiger partial charge in [0.15, 0.2) is 0 Å². The van der Waals surface area contributed by atoms with Gasteiger partial charge in [0.2, 0.25) is 0 Å². The number of benzene rings is 2. The van der Waals surface area contributed by atoms with Crippen LogP contribution in [0.1, 0.15) is 0 Å². The lowest BCUT2D eigenvalue weighted by molar-refractivity contribution is 0.268. The highest BCUT2D eigenvalue weighted by Gasteiger charge is 2.11. The molecular formula is C19H19FN4O3. The third-order valence-electron chi connectivity index (χ3n) is 3.79. The Morgan fingerprint density at radius 2 is 1.67 bits per heavy atom. The molecule has 0 unspecified atom stereocenters. The summed E-state index contributed by atoms with van der Waals surface area (Å²) in [6.07, 6.45) is 1.40. The lowest BCUT2D eigenvalue weighted by Crippen LogP contribution is -2.01. The van der Waals surface area contributed by atoms with Crippen LogP contribution in [0.5, 0.6) is 11.5 Å². The fourth-order valence-corrected chi connectivity index (χ4v) is 2.58. The van der Waals surface area contributed by atoms with Gasteiger partial charge in [-0.3, -0.25) is 10.3 Å². The van der Waals surface area contributed by atoms with E-state index in [0.717, 1.165) is 5.69 Å². The Morgan fingerprint density at radius 1 is 0.889 bits per heavy atom. The number of anilines is 3. The summed E-state index contributed by atoms with van der Waals surface area (Å²) in [5.74, 6) is 1.33. The molecule has 0 radical (unpaired) electrons. The van der Waals surface area contributed by atoms with E-state index in [-0.39, 0.29) is 5.82 Å². The average Bonchev–Trinajstić information content (AvgIpc) is 2.69. The minimum absolute atomic E-state index is 0.371. The van der Waals surface area contributed by atoms with Gasteiger partial charge in [-0.15, -0.1) is 0 Å². The van der Waals surface area contributed by atoms with Crippen molar-refractivity contribution in [2.24, 2.45) is 0 Å². The second-order valence-electron chi connectivity index (χ2n) is 5.48. The van der Waals surface area contributed by atoms with Gasteiger partial charge in [0.05, 0.1) is 27.0 Å². The first-order valence-corrected chi connectivity index (χ1v) is 8.04. The fourth-order valence-electron chi connectivity index (χ4n) is 2.58. The summed E-state index contributed by atoms with van der Waals surface area (Å²) in [5, 5.41) is 3.18. The van der Waals surface area contributed by atoms with Gasteiger partial charge in [0, 0.05) is 17.3 Å². The van der Waals surface area contributed by atoms with Crippen LogP contribution in [0.15, 0.2) is 48.8 Å².